The predicted octanol–water partition coefficient (Wildman–Crippen LogP) is 3.23. The Hall–Kier alpha value is -0.835. The van der Waals surface area contributed by atoms with E-state index in [0.29, 0.717) is 10.6 Å². The summed E-state index contributed by atoms with van der Waals surface area (Å²) < 4.78 is 12.0. The van der Waals surface area contributed by atoms with Gasteiger partial charge in [0.2, 0.25) is 0 Å². The summed E-state index contributed by atoms with van der Waals surface area (Å²) in [6.07, 6.45) is 1.96. The first kappa shape index (κ1) is 15.1. The summed E-state index contributed by atoms with van der Waals surface area (Å²) in [5, 5.41) is 0.485. The molecule has 1 aliphatic carbocycles. The van der Waals surface area contributed by atoms with Crippen molar-refractivity contribution in [2.45, 2.75) is 51.7 Å². The Labute approximate surface area is 131 Å². The lowest BCUT2D eigenvalue weighted by Gasteiger charge is -2.32. The zero-order chi connectivity index (χ0) is 15.4. The largest absolute Gasteiger partial charge is 0.494 e. The first-order chi connectivity index (χ1) is 9.71. The monoisotopic (exact) mass is 306 g/mol. The van der Waals surface area contributed by atoms with Gasteiger partial charge in [0, 0.05) is 11.5 Å². The Balaban J connectivity index is 1.85. The third kappa shape index (κ3) is 2.65. The van der Waals surface area contributed by atoms with E-state index in [1.807, 2.05) is 33.8 Å². The number of halogens is 1. The molecule has 3 nitrogen and oxygen atoms in total. The Kier molecular flexibility index (Phi) is 3.47. The molecule has 0 N–H and O–H groups in total. The maximum Gasteiger partial charge on any atom is 0.494 e. The van der Waals surface area contributed by atoms with Gasteiger partial charge in [0.25, 0.3) is 0 Å². The first-order valence-corrected chi connectivity index (χ1v) is 7.78. The molecule has 1 saturated carbocycles. The molecule has 112 valence electrons. The van der Waals surface area contributed by atoms with Crippen LogP contribution < -0.4 is 5.46 Å². The lowest BCUT2D eigenvalue weighted by molar-refractivity contribution is 0.00578. The second kappa shape index (κ2) is 4.84. The maximum atomic E-state index is 12.1. The van der Waals surface area contributed by atoms with Crippen molar-refractivity contribution in [3.63, 3.8) is 0 Å². The van der Waals surface area contributed by atoms with Crippen LogP contribution in [-0.4, -0.2) is 24.1 Å². The van der Waals surface area contributed by atoms with Crippen LogP contribution in [0.2, 0.25) is 5.02 Å². The zero-order valence-electron chi connectivity index (χ0n) is 12.9. The third-order valence-electron chi connectivity index (χ3n) is 4.73. The number of ketones is 1. The van der Waals surface area contributed by atoms with Gasteiger partial charge >= 0.3 is 7.12 Å². The number of carbonyl (C=O) groups excluding carboxylic acids is 1. The minimum Gasteiger partial charge on any atom is -0.399 e. The molecule has 0 bridgehead atoms. The van der Waals surface area contributed by atoms with E-state index in [0.717, 1.165) is 18.3 Å². The summed E-state index contributed by atoms with van der Waals surface area (Å²) >= 11 is 6.28. The summed E-state index contributed by atoms with van der Waals surface area (Å²) in [5.74, 6) is 0.325. The molecule has 1 aliphatic heterocycles. The van der Waals surface area contributed by atoms with Crippen LogP contribution in [0.15, 0.2) is 18.2 Å². The molecule has 0 spiro atoms. The molecule has 0 amide bonds. The molecule has 1 aromatic rings. The highest BCUT2D eigenvalue weighted by molar-refractivity contribution is 6.62. The normalized spacial score (nSPS) is 23.4. The lowest BCUT2D eigenvalue weighted by atomic mass is 9.78. The van der Waals surface area contributed by atoms with E-state index in [4.69, 9.17) is 20.9 Å². The summed E-state index contributed by atoms with van der Waals surface area (Å²) in [5.41, 5.74) is 0.699. The maximum absolute atomic E-state index is 12.1. The van der Waals surface area contributed by atoms with Crippen LogP contribution in [0.1, 0.15) is 50.9 Å². The fourth-order valence-corrected chi connectivity index (χ4v) is 2.70. The first-order valence-electron chi connectivity index (χ1n) is 7.40. The molecule has 3 rings (SSSR count). The quantitative estimate of drug-likeness (QED) is 0.635. The number of carbonyl (C=O) groups is 1. The van der Waals surface area contributed by atoms with Crippen LogP contribution in [-0.2, 0) is 9.31 Å². The van der Waals surface area contributed by atoms with Crippen molar-refractivity contribution in [3.05, 3.63) is 28.8 Å². The van der Waals surface area contributed by atoms with Gasteiger partial charge in [-0.1, -0.05) is 23.7 Å². The third-order valence-corrected chi connectivity index (χ3v) is 5.04. The summed E-state index contributed by atoms with van der Waals surface area (Å²) in [7, 11) is -0.447. The van der Waals surface area contributed by atoms with Gasteiger partial charge in [0.15, 0.2) is 5.78 Å². The van der Waals surface area contributed by atoms with E-state index in [2.05, 4.69) is 0 Å². The van der Waals surface area contributed by atoms with Crippen LogP contribution in [0.25, 0.3) is 0 Å². The molecule has 0 aromatic heterocycles. The van der Waals surface area contributed by atoms with Crippen LogP contribution in [0.5, 0.6) is 0 Å². The van der Waals surface area contributed by atoms with Crippen LogP contribution in [0.3, 0.4) is 0 Å². The topological polar surface area (TPSA) is 35.5 Å². The standard InChI is InChI=1S/C16H20BClO3/c1-15(2)16(3,4)21-17(20-15)11-7-8-12(13(18)9-11)14(19)10-5-6-10/h7-10H,5-6H2,1-4H3. The smallest absolute Gasteiger partial charge is 0.399 e. The highest BCUT2D eigenvalue weighted by atomic mass is 35.5. The van der Waals surface area contributed by atoms with E-state index in [1.54, 1.807) is 12.1 Å². The van der Waals surface area contributed by atoms with Crippen molar-refractivity contribution in [3.8, 4) is 0 Å². The molecule has 5 heteroatoms. The average Bonchev–Trinajstić information content (AvgIpc) is 3.17. The molecular weight excluding hydrogens is 286 g/mol. The number of hydrogen-bond acceptors (Lipinski definition) is 3. The Morgan fingerprint density at radius 3 is 2.24 bits per heavy atom. The van der Waals surface area contributed by atoms with Gasteiger partial charge in [0.05, 0.1) is 16.2 Å². The molecule has 1 saturated heterocycles. The minimum atomic E-state index is -0.447. The number of rotatable bonds is 3. The Morgan fingerprint density at radius 2 is 1.76 bits per heavy atom. The number of benzene rings is 1. The lowest BCUT2D eigenvalue weighted by Crippen LogP contribution is -2.41. The van der Waals surface area contributed by atoms with E-state index >= 15 is 0 Å². The van der Waals surface area contributed by atoms with Crippen molar-refractivity contribution in [1.29, 1.82) is 0 Å². The highest BCUT2D eigenvalue weighted by Gasteiger charge is 2.51. The molecule has 2 fully saturated rings. The summed E-state index contributed by atoms with van der Waals surface area (Å²) in [4.78, 5) is 12.1. The SMILES string of the molecule is CC1(C)OB(c2ccc(C(=O)C3CC3)c(Cl)c2)OC1(C)C. The number of Topliss-reactive ketones (excluding diaryl/α,β-unsaturated/α-hetero) is 1. The summed E-state index contributed by atoms with van der Waals surface area (Å²) in [6.45, 7) is 8.05. The van der Waals surface area contributed by atoms with Crippen LogP contribution in [0, 0.1) is 5.92 Å². The van der Waals surface area contributed by atoms with Crippen molar-refractivity contribution in [2.75, 3.05) is 0 Å². The van der Waals surface area contributed by atoms with E-state index in [1.165, 1.54) is 0 Å². The van der Waals surface area contributed by atoms with Crippen molar-refractivity contribution in [1.82, 2.24) is 0 Å². The fraction of sp³-hybridized carbons (Fsp3) is 0.562. The minimum absolute atomic E-state index is 0.153. The summed E-state index contributed by atoms with van der Waals surface area (Å²) in [6, 6.07) is 5.46. The zero-order valence-corrected chi connectivity index (χ0v) is 13.7. The van der Waals surface area contributed by atoms with Gasteiger partial charge in [-0.3, -0.25) is 4.79 Å². The Morgan fingerprint density at radius 1 is 1.19 bits per heavy atom. The van der Waals surface area contributed by atoms with Gasteiger partial charge < -0.3 is 9.31 Å². The molecule has 1 heterocycles. The van der Waals surface area contributed by atoms with Crippen LogP contribution in [0.4, 0.5) is 0 Å². The number of hydrogen-bond donors (Lipinski definition) is 0. The van der Waals surface area contributed by atoms with Crippen LogP contribution >= 0.6 is 11.6 Å². The molecule has 1 aromatic carbocycles. The molecular formula is C16H20BClO3. The van der Waals surface area contributed by atoms with Gasteiger partial charge in [0.1, 0.15) is 0 Å². The van der Waals surface area contributed by atoms with E-state index in [9.17, 15) is 4.79 Å². The molecule has 2 aliphatic rings. The predicted molar refractivity (Wildman–Crippen MR) is 84.2 cm³/mol. The highest BCUT2D eigenvalue weighted by Crippen LogP contribution is 2.37. The fourth-order valence-electron chi connectivity index (χ4n) is 2.42. The molecule has 0 atom stereocenters. The molecule has 0 unspecified atom stereocenters. The molecule has 0 radical (unpaired) electrons. The van der Waals surface area contributed by atoms with Crippen molar-refractivity contribution < 1.29 is 14.1 Å². The average molecular weight is 307 g/mol. The van der Waals surface area contributed by atoms with E-state index in [-0.39, 0.29) is 22.9 Å². The van der Waals surface area contributed by atoms with Crippen molar-refractivity contribution in [2.24, 2.45) is 5.92 Å². The van der Waals surface area contributed by atoms with Gasteiger partial charge in [-0.15, -0.1) is 0 Å². The Bertz CT molecular complexity index is 577. The van der Waals surface area contributed by atoms with Crippen molar-refractivity contribution >= 4 is 30.0 Å². The van der Waals surface area contributed by atoms with Gasteiger partial charge in [-0.2, -0.15) is 0 Å². The van der Waals surface area contributed by atoms with E-state index < -0.39 is 7.12 Å². The molecule has 21 heavy (non-hydrogen) atoms. The van der Waals surface area contributed by atoms with Gasteiger partial charge in [-0.05, 0) is 52.1 Å². The second-order valence-electron chi connectivity index (χ2n) is 6.97. The van der Waals surface area contributed by atoms with Gasteiger partial charge in [-0.25, -0.2) is 0 Å². The second-order valence-corrected chi connectivity index (χ2v) is 7.37.